The zero-order valence-corrected chi connectivity index (χ0v) is 17.4. The van der Waals surface area contributed by atoms with Crippen LogP contribution in [0.2, 0.25) is 10.0 Å². The predicted octanol–water partition coefficient (Wildman–Crippen LogP) is 5.31. The lowest BCUT2D eigenvalue weighted by molar-refractivity contribution is -0.384. The molecule has 0 aliphatic carbocycles. The van der Waals surface area contributed by atoms with Crippen molar-refractivity contribution >= 4 is 52.5 Å². The SMILES string of the molecule is O=C(Nc1ccc(Cl)c(Cl)c1)C(=Cc1ccc([N+](=O)[O-])cc1)NC(=O)c1ccccc1. The van der Waals surface area contributed by atoms with Gasteiger partial charge in [-0.05, 0) is 54.1 Å². The summed E-state index contributed by atoms with van der Waals surface area (Å²) in [4.78, 5) is 35.8. The van der Waals surface area contributed by atoms with Crippen LogP contribution in [0.15, 0.2) is 78.5 Å². The lowest BCUT2D eigenvalue weighted by Gasteiger charge is -2.12. The first-order valence-electron chi connectivity index (χ1n) is 8.92. The van der Waals surface area contributed by atoms with E-state index < -0.39 is 16.7 Å². The van der Waals surface area contributed by atoms with E-state index in [9.17, 15) is 19.7 Å². The molecule has 0 unspecified atom stereocenters. The highest BCUT2D eigenvalue weighted by Gasteiger charge is 2.16. The van der Waals surface area contributed by atoms with Crippen molar-refractivity contribution in [2.45, 2.75) is 0 Å². The van der Waals surface area contributed by atoms with Gasteiger partial charge in [0.2, 0.25) is 0 Å². The number of anilines is 1. The Morgan fingerprint density at radius 3 is 2.19 bits per heavy atom. The minimum Gasteiger partial charge on any atom is -0.321 e. The van der Waals surface area contributed by atoms with Crippen LogP contribution in [0.3, 0.4) is 0 Å². The molecule has 9 heteroatoms. The molecule has 0 bridgehead atoms. The zero-order valence-electron chi connectivity index (χ0n) is 15.8. The van der Waals surface area contributed by atoms with Gasteiger partial charge >= 0.3 is 0 Å². The Balaban J connectivity index is 1.90. The second-order valence-corrected chi connectivity index (χ2v) is 7.12. The van der Waals surface area contributed by atoms with Gasteiger partial charge in [-0.1, -0.05) is 41.4 Å². The van der Waals surface area contributed by atoms with E-state index in [1.807, 2.05) is 0 Å². The smallest absolute Gasteiger partial charge is 0.272 e. The Bertz CT molecular complexity index is 1160. The topological polar surface area (TPSA) is 101 Å². The molecule has 3 aromatic carbocycles. The number of nitrogens with one attached hydrogen (secondary N) is 2. The highest BCUT2D eigenvalue weighted by molar-refractivity contribution is 6.42. The molecule has 7 nitrogen and oxygen atoms in total. The lowest BCUT2D eigenvalue weighted by Crippen LogP contribution is -2.30. The maximum atomic E-state index is 12.9. The molecule has 0 aliphatic rings. The highest BCUT2D eigenvalue weighted by atomic mass is 35.5. The molecule has 0 atom stereocenters. The molecule has 0 saturated heterocycles. The van der Waals surface area contributed by atoms with E-state index in [-0.39, 0.29) is 16.4 Å². The van der Waals surface area contributed by atoms with E-state index in [4.69, 9.17) is 23.2 Å². The predicted molar refractivity (Wildman–Crippen MR) is 120 cm³/mol. The third-order valence-electron chi connectivity index (χ3n) is 4.12. The summed E-state index contributed by atoms with van der Waals surface area (Å²) in [5.74, 6) is -1.10. The summed E-state index contributed by atoms with van der Waals surface area (Å²) >= 11 is 11.9. The van der Waals surface area contributed by atoms with Crippen molar-refractivity contribution in [2.24, 2.45) is 0 Å². The van der Waals surface area contributed by atoms with Gasteiger partial charge in [-0.3, -0.25) is 19.7 Å². The van der Waals surface area contributed by atoms with Crippen LogP contribution in [0, 0.1) is 10.1 Å². The number of nitrogens with zero attached hydrogens (tertiary/aromatic N) is 1. The minimum absolute atomic E-state index is 0.0613. The molecule has 3 rings (SSSR count). The molecule has 0 aromatic heterocycles. The van der Waals surface area contributed by atoms with Crippen LogP contribution in [-0.2, 0) is 4.79 Å². The third-order valence-corrected chi connectivity index (χ3v) is 4.86. The van der Waals surface area contributed by atoms with Crippen molar-refractivity contribution in [3.8, 4) is 0 Å². The maximum Gasteiger partial charge on any atom is 0.272 e. The van der Waals surface area contributed by atoms with E-state index in [2.05, 4.69) is 10.6 Å². The van der Waals surface area contributed by atoms with Crippen molar-refractivity contribution in [2.75, 3.05) is 5.32 Å². The Labute approximate surface area is 187 Å². The number of benzene rings is 3. The number of carbonyl (C=O) groups is 2. The van der Waals surface area contributed by atoms with E-state index in [0.29, 0.717) is 21.8 Å². The molecule has 156 valence electrons. The van der Waals surface area contributed by atoms with E-state index >= 15 is 0 Å². The Kier molecular flexibility index (Phi) is 7.02. The van der Waals surface area contributed by atoms with Gasteiger partial charge in [0.1, 0.15) is 5.70 Å². The number of nitro benzene ring substituents is 1. The van der Waals surface area contributed by atoms with Gasteiger partial charge < -0.3 is 10.6 Å². The summed E-state index contributed by atoms with van der Waals surface area (Å²) in [6, 6.07) is 18.5. The van der Waals surface area contributed by atoms with Crippen LogP contribution in [-0.4, -0.2) is 16.7 Å². The second-order valence-electron chi connectivity index (χ2n) is 6.31. The quantitative estimate of drug-likeness (QED) is 0.298. The summed E-state index contributed by atoms with van der Waals surface area (Å²) in [5.41, 5.74) is 1.07. The molecule has 0 heterocycles. The molecule has 0 saturated carbocycles. The molecular formula is C22H15Cl2N3O4. The largest absolute Gasteiger partial charge is 0.321 e. The fraction of sp³-hybridized carbons (Fsp3) is 0. The van der Waals surface area contributed by atoms with Gasteiger partial charge in [-0.25, -0.2) is 0 Å². The van der Waals surface area contributed by atoms with Crippen LogP contribution in [0.1, 0.15) is 15.9 Å². The normalized spacial score (nSPS) is 11.0. The number of non-ortho nitro benzene ring substituents is 1. The molecule has 0 radical (unpaired) electrons. The number of rotatable bonds is 6. The molecular weight excluding hydrogens is 441 g/mol. The average Bonchev–Trinajstić information content (AvgIpc) is 2.76. The van der Waals surface area contributed by atoms with Crippen molar-refractivity contribution in [1.29, 1.82) is 0 Å². The van der Waals surface area contributed by atoms with Gasteiger partial charge in [0.05, 0.1) is 15.0 Å². The maximum absolute atomic E-state index is 12.9. The molecule has 0 spiro atoms. The minimum atomic E-state index is -0.610. The van der Waals surface area contributed by atoms with Crippen LogP contribution in [0.4, 0.5) is 11.4 Å². The van der Waals surface area contributed by atoms with Gasteiger partial charge in [-0.15, -0.1) is 0 Å². The van der Waals surface area contributed by atoms with Crippen molar-refractivity contribution < 1.29 is 14.5 Å². The van der Waals surface area contributed by atoms with Gasteiger partial charge in [0.25, 0.3) is 17.5 Å². The van der Waals surface area contributed by atoms with Crippen LogP contribution in [0.5, 0.6) is 0 Å². The zero-order chi connectivity index (χ0) is 22.4. The summed E-state index contributed by atoms with van der Waals surface area (Å²) in [5, 5.41) is 16.7. The number of nitro groups is 1. The molecule has 31 heavy (non-hydrogen) atoms. The van der Waals surface area contributed by atoms with Gasteiger partial charge in [-0.2, -0.15) is 0 Å². The number of halogens is 2. The fourth-order valence-electron chi connectivity index (χ4n) is 2.57. The second kappa shape index (κ2) is 9.88. The van der Waals surface area contributed by atoms with Crippen molar-refractivity contribution in [3.63, 3.8) is 0 Å². The summed E-state index contributed by atoms with van der Waals surface area (Å²) in [6.07, 6.45) is 1.41. The van der Waals surface area contributed by atoms with E-state index in [1.165, 1.54) is 42.5 Å². The molecule has 3 aromatic rings. The van der Waals surface area contributed by atoms with Crippen molar-refractivity contribution in [3.05, 3.63) is 110 Å². The Hall–Kier alpha value is -3.68. The Morgan fingerprint density at radius 1 is 0.903 bits per heavy atom. The summed E-state index contributed by atoms with van der Waals surface area (Å²) < 4.78 is 0. The third kappa shape index (κ3) is 5.91. The average molecular weight is 456 g/mol. The summed E-state index contributed by atoms with van der Waals surface area (Å²) in [6.45, 7) is 0. The van der Waals surface area contributed by atoms with Gasteiger partial charge in [0, 0.05) is 23.4 Å². The van der Waals surface area contributed by atoms with Crippen LogP contribution < -0.4 is 10.6 Å². The number of hydrogen-bond acceptors (Lipinski definition) is 4. The molecule has 2 amide bonds. The van der Waals surface area contributed by atoms with Crippen LogP contribution >= 0.6 is 23.2 Å². The van der Waals surface area contributed by atoms with Crippen LogP contribution in [0.25, 0.3) is 6.08 Å². The standard InChI is InChI=1S/C22H15Cl2N3O4/c23-18-11-8-16(13-19(18)24)25-22(29)20(26-21(28)15-4-2-1-3-5-15)12-14-6-9-17(10-7-14)27(30)31/h1-13H,(H,25,29)(H,26,28). The molecule has 2 N–H and O–H groups in total. The monoisotopic (exact) mass is 455 g/mol. The fourth-order valence-corrected chi connectivity index (χ4v) is 2.87. The lowest BCUT2D eigenvalue weighted by atomic mass is 10.1. The highest BCUT2D eigenvalue weighted by Crippen LogP contribution is 2.25. The first kappa shape index (κ1) is 22.0. The summed E-state index contributed by atoms with van der Waals surface area (Å²) in [7, 11) is 0. The van der Waals surface area contributed by atoms with Gasteiger partial charge in [0.15, 0.2) is 0 Å². The first-order valence-corrected chi connectivity index (χ1v) is 9.68. The Morgan fingerprint density at radius 2 is 1.58 bits per heavy atom. The van der Waals surface area contributed by atoms with Crippen molar-refractivity contribution in [1.82, 2.24) is 5.32 Å². The van der Waals surface area contributed by atoms with E-state index in [1.54, 1.807) is 36.4 Å². The molecule has 0 aliphatic heterocycles. The number of hydrogen-bond donors (Lipinski definition) is 2. The number of carbonyl (C=O) groups excluding carboxylic acids is 2. The molecule has 0 fully saturated rings. The number of amides is 2. The first-order chi connectivity index (χ1) is 14.8. The van der Waals surface area contributed by atoms with E-state index in [0.717, 1.165) is 0 Å².